The third kappa shape index (κ3) is 3.61. The van der Waals surface area contributed by atoms with E-state index in [1.165, 1.54) is 0 Å². The molecule has 0 radical (unpaired) electrons. The van der Waals surface area contributed by atoms with Crippen LogP contribution in [0.2, 0.25) is 5.02 Å². The second-order valence-electron chi connectivity index (χ2n) is 5.70. The topological polar surface area (TPSA) is 58.3 Å². The number of rotatable bonds is 5. The molecule has 2 aromatic carbocycles. The van der Waals surface area contributed by atoms with Crippen LogP contribution in [0.3, 0.4) is 0 Å². The Kier molecular flexibility index (Phi) is 4.88. The molecule has 3 rings (SSSR count). The van der Waals surface area contributed by atoms with Crippen LogP contribution in [-0.2, 0) is 6.61 Å². The summed E-state index contributed by atoms with van der Waals surface area (Å²) in [4.78, 5) is 4.54. The van der Waals surface area contributed by atoms with Crippen molar-refractivity contribution < 1.29 is 9.52 Å². The van der Waals surface area contributed by atoms with Gasteiger partial charge in [-0.15, -0.1) is 0 Å². The van der Waals surface area contributed by atoms with Gasteiger partial charge in [0.15, 0.2) is 5.76 Å². The van der Waals surface area contributed by atoms with E-state index in [-0.39, 0.29) is 12.6 Å². The van der Waals surface area contributed by atoms with Crippen molar-refractivity contribution >= 4 is 17.3 Å². The summed E-state index contributed by atoms with van der Waals surface area (Å²) in [7, 11) is 0. The number of hydrogen-bond acceptors (Lipinski definition) is 4. The highest BCUT2D eigenvalue weighted by atomic mass is 35.5. The van der Waals surface area contributed by atoms with Crippen molar-refractivity contribution in [3.8, 4) is 11.3 Å². The molecule has 0 unspecified atom stereocenters. The zero-order chi connectivity index (χ0) is 17.1. The average Bonchev–Trinajstić information content (AvgIpc) is 2.98. The Morgan fingerprint density at radius 2 is 1.96 bits per heavy atom. The van der Waals surface area contributed by atoms with Gasteiger partial charge in [0.1, 0.15) is 6.04 Å². The van der Waals surface area contributed by atoms with Crippen LogP contribution in [0.15, 0.2) is 52.9 Å². The van der Waals surface area contributed by atoms with E-state index in [4.69, 9.17) is 16.0 Å². The summed E-state index contributed by atoms with van der Waals surface area (Å²) in [5.41, 5.74) is 3.56. The first-order valence-electron chi connectivity index (χ1n) is 7.76. The molecular formula is C19H19ClN2O2. The van der Waals surface area contributed by atoms with Gasteiger partial charge in [-0.25, -0.2) is 4.98 Å². The zero-order valence-electron chi connectivity index (χ0n) is 13.6. The van der Waals surface area contributed by atoms with Gasteiger partial charge in [-0.2, -0.15) is 0 Å². The van der Waals surface area contributed by atoms with Gasteiger partial charge >= 0.3 is 0 Å². The van der Waals surface area contributed by atoms with Crippen LogP contribution in [0.1, 0.15) is 30.1 Å². The highest BCUT2D eigenvalue weighted by Crippen LogP contribution is 2.29. The van der Waals surface area contributed by atoms with Crippen molar-refractivity contribution in [2.24, 2.45) is 0 Å². The molecule has 2 N–H and O–H groups in total. The van der Waals surface area contributed by atoms with E-state index in [9.17, 15) is 5.11 Å². The Morgan fingerprint density at radius 1 is 1.21 bits per heavy atom. The van der Waals surface area contributed by atoms with E-state index >= 15 is 0 Å². The molecule has 3 aromatic rings. The first-order valence-corrected chi connectivity index (χ1v) is 8.14. The number of oxazole rings is 1. The average molecular weight is 343 g/mol. The Hall–Kier alpha value is -2.30. The molecular weight excluding hydrogens is 324 g/mol. The molecule has 0 fully saturated rings. The summed E-state index contributed by atoms with van der Waals surface area (Å²) < 4.78 is 5.96. The van der Waals surface area contributed by atoms with Crippen LogP contribution in [-0.4, -0.2) is 10.1 Å². The summed E-state index contributed by atoms with van der Waals surface area (Å²) in [6.45, 7) is 3.93. The van der Waals surface area contributed by atoms with Crippen LogP contribution in [0, 0.1) is 6.92 Å². The van der Waals surface area contributed by atoms with Crippen molar-refractivity contribution in [2.75, 3.05) is 5.32 Å². The van der Waals surface area contributed by atoms with Gasteiger partial charge in [0.05, 0.1) is 12.3 Å². The third-order valence-electron chi connectivity index (χ3n) is 3.78. The molecule has 124 valence electrons. The summed E-state index contributed by atoms with van der Waals surface area (Å²) in [5.74, 6) is 1.37. The molecule has 0 aliphatic heterocycles. The SMILES string of the molecule is Cc1nc([C@H](C)Nc2cccc(CO)c2)oc1-c1ccc(Cl)cc1. The van der Waals surface area contributed by atoms with Gasteiger partial charge in [-0.1, -0.05) is 23.7 Å². The molecule has 0 saturated carbocycles. The lowest BCUT2D eigenvalue weighted by atomic mass is 10.1. The van der Waals surface area contributed by atoms with E-state index < -0.39 is 0 Å². The van der Waals surface area contributed by atoms with Crippen molar-refractivity contribution in [3.05, 3.63) is 70.7 Å². The Labute approximate surface area is 146 Å². The van der Waals surface area contributed by atoms with E-state index in [1.807, 2.05) is 62.4 Å². The van der Waals surface area contributed by atoms with E-state index in [1.54, 1.807) is 0 Å². The molecule has 1 heterocycles. The smallest absolute Gasteiger partial charge is 0.217 e. The highest BCUT2D eigenvalue weighted by Gasteiger charge is 2.17. The van der Waals surface area contributed by atoms with Gasteiger partial charge in [0.2, 0.25) is 5.89 Å². The van der Waals surface area contributed by atoms with Gasteiger partial charge in [-0.05, 0) is 55.8 Å². The van der Waals surface area contributed by atoms with Gasteiger partial charge in [-0.3, -0.25) is 0 Å². The number of aromatic nitrogens is 1. The minimum absolute atomic E-state index is 0.0166. The Bertz CT molecular complexity index is 828. The Balaban J connectivity index is 1.81. The predicted molar refractivity (Wildman–Crippen MR) is 96.1 cm³/mol. The van der Waals surface area contributed by atoms with Crippen molar-refractivity contribution in [1.82, 2.24) is 4.98 Å². The van der Waals surface area contributed by atoms with Crippen LogP contribution in [0.5, 0.6) is 0 Å². The van der Waals surface area contributed by atoms with Crippen molar-refractivity contribution in [1.29, 1.82) is 0 Å². The maximum atomic E-state index is 9.23. The number of halogens is 1. The molecule has 24 heavy (non-hydrogen) atoms. The summed E-state index contributed by atoms with van der Waals surface area (Å²) in [5, 5.41) is 13.3. The maximum absolute atomic E-state index is 9.23. The van der Waals surface area contributed by atoms with Crippen LogP contribution in [0.4, 0.5) is 5.69 Å². The number of nitrogens with one attached hydrogen (secondary N) is 1. The molecule has 4 nitrogen and oxygen atoms in total. The number of aryl methyl sites for hydroxylation is 1. The molecule has 0 amide bonds. The van der Waals surface area contributed by atoms with Crippen LogP contribution >= 0.6 is 11.6 Å². The van der Waals surface area contributed by atoms with Gasteiger partial charge in [0, 0.05) is 16.3 Å². The largest absolute Gasteiger partial charge is 0.438 e. The fourth-order valence-electron chi connectivity index (χ4n) is 2.54. The number of aliphatic hydroxyl groups is 1. The molecule has 5 heteroatoms. The zero-order valence-corrected chi connectivity index (χ0v) is 14.3. The molecule has 0 aliphatic rings. The molecule has 0 saturated heterocycles. The number of hydrogen-bond donors (Lipinski definition) is 2. The molecule has 0 bridgehead atoms. The normalized spacial score (nSPS) is 12.2. The predicted octanol–water partition coefficient (Wildman–Crippen LogP) is 4.97. The minimum atomic E-state index is -0.0984. The Morgan fingerprint density at radius 3 is 2.67 bits per heavy atom. The summed E-state index contributed by atoms with van der Waals surface area (Å²) in [6, 6.07) is 15.0. The van der Waals surface area contributed by atoms with Crippen LogP contribution in [0.25, 0.3) is 11.3 Å². The first kappa shape index (κ1) is 16.6. The number of aliphatic hydroxyl groups excluding tert-OH is 1. The standard InChI is InChI=1S/C19H19ClN2O2/c1-12-18(15-6-8-16(20)9-7-15)24-19(22-12)13(2)21-17-5-3-4-14(10-17)11-23/h3-10,13,21,23H,11H2,1-2H3/t13-/m0/s1. The van der Waals surface area contributed by atoms with Crippen LogP contribution < -0.4 is 5.32 Å². The minimum Gasteiger partial charge on any atom is -0.438 e. The van der Waals surface area contributed by atoms with E-state index in [2.05, 4.69) is 10.3 Å². The second-order valence-corrected chi connectivity index (χ2v) is 6.13. The lowest BCUT2D eigenvalue weighted by molar-refractivity contribution is 0.282. The fraction of sp³-hybridized carbons (Fsp3) is 0.211. The van der Waals surface area contributed by atoms with E-state index in [0.717, 1.165) is 28.3 Å². The first-order chi connectivity index (χ1) is 11.6. The summed E-state index contributed by atoms with van der Waals surface area (Å²) in [6.07, 6.45) is 0. The van der Waals surface area contributed by atoms with E-state index in [0.29, 0.717) is 10.9 Å². The number of anilines is 1. The second kappa shape index (κ2) is 7.07. The van der Waals surface area contributed by atoms with Crippen molar-refractivity contribution in [2.45, 2.75) is 26.5 Å². The highest BCUT2D eigenvalue weighted by molar-refractivity contribution is 6.30. The summed E-state index contributed by atoms with van der Waals surface area (Å²) >= 11 is 5.94. The van der Waals surface area contributed by atoms with Crippen molar-refractivity contribution in [3.63, 3.8) is 0 Å². The van der Waals surface area contributed by atoms with Gasteiger partial charge < -0.3 is 14.8 Å². The number of nitrogens with zero attached hydrogens (tertiary/aromatic N) is 1. The maximum Gasteiger partial charge on any atom is 0.217 e. The lowest BCUT2D eigenvalue weighted by Gasteiger charge is -2.12. The number of benzene rings is 2. The fourth-order valence-corrected chi connectivity index (χ4v) is 2.67. The molecule has 0 spiro atoms. The molecule has 1 atom stereocenters. The quantitative estimate of drug-likeness (QED) is 0.687. The molecule has 1 aromatic heterocycles. The monoisotopic (exact) mass is 342 g/mol. The lowest BCUT2D eigenvalue weighted by Crippen LogP contribution is -2.07. The third-order valence-corrected chi connectivity index (χ3v) is 4.03. The molecule has 0 aliphatic carbocycles. The van der Waals surface area contributed by atoms with Gasteiger partial charge in [0.25, 0.3) is 0 Å².